The molecule has 1 unspecified atom stereocenters. The van der Waals surface area contributed by atoms with Crippen LogP contribution in [0.1, 0.15) is 11.8 Å². The summed E-state index contributed by atoms with van der Waals surface area (Å²) < 4.78 is 36.4. The van der Waals surface area contributed by atoms with Gasteiger partial charge < -0.3 is 5.32 Å². The molecule has 0 aliphatic rings. The lowest BCUT2D eigenvalue weighted by molar-refractivity contribution is -0.134. The van der Waals surface area contributed by atoms with E-state index in [1.165, 1.54) is 0 Å². The highest BCUT2D eigenvalue weighted by atomic mass is 32.1. The molecule has 0 saturated heterocycles. The maximum absolute atomic E-state index is 12.1. The van der Waals surface area contributed by atoms with Crippen LogP contribution in [-0.2, 0) is 6.18 Å². The van der Waals surface area contributed by atoms with E-state index < -0.39 is 11.1 Å². The lowest BCUT2D eigenvalue weighted by atomic mass is 10.3. The van der Waals surface area contributed by atoms with Gasteiger partial charge in [0, 0.05) is 6.04 Å². The molecule has 0 aliphatic carbocycles. The third-order valence-electron chi connectivity index (χ3n) is 1.49. The fraction of sp³-hybridized carbons (Fsp3) is 0.375. The zero-order chi connectivity index (χ0) is 10.8. The summed E-state index contributed by atoms with van der Waals surface area (Å²) in [5, 5.41) is 3.03. The van der Waals surface area contributed by atoms with Crippen LogP contribution in [0.5, 0.6) is 0 Å². The van der Waals surface area contributed by atoms with Gasteiger partial charge in [-0.1, -0.05) is 17.4 Å². The first-order chi connectivity index (χ1) is 6.43. The van der Waals surface area contributed by atoms with Crippen molar-refractivity contribution in [1.29, 1.82) is 0 Å². The highest BCUT2D eigenvalue weighted by molar-refractivity contribution is 7.15. The summed E-state index contributed by atoms with van der Waals surface area (Å²) in [6, 6.07) is -0.0952. The van der Waals surface area contributed by atoms with Crippen molar-refractivity contribution in [3.8, 4) is 0 Å². The topological polar surface area (TPSA) is 24.9 Å². The minimum atomic E-state index is -4.31. The van der Waals surface area contributed by atoms with Gasteiger partial charge in [0.15, 0.2) is 5.13 Å². The quantitative estimate of drug-likeness (QED) is 0.794. The predicted octanol–water partition coefficient (Wildman–Crippen LogP) is 3.15. The summed E-state index contributed by atoms with van der Waals surface area (Å²) in [4.78, 5) is 2.91. The first-order valence-corrected chi connectivity index (χ1v) is 4.67. The van der Waals surface area contributed by atoms with Gasteiger partial charge in [-0.25, -0.2) is 4.98 Å². The van der Waals surface area contributed by atoms with Crippen molar-refractivity contribution in [1.82, 2.24) is 4.98 Å². The van der Waals surface area contributed by atoms with Crippen molar-refractivity contribution in [2.24, 2.45) is 0 Å². The number of anilines is 1. The number of nitrogens with zero attached hydrogens (tertiary/aromatic N) is 1. The highest BCUT2D eigenvalue weighted by Crippen LogP contribution is 2.35. The van der Waals surface area contributed by atoms with Crippen LogP contribution in [0, 0.1) is 0 Å². The molecule has 1 N–H and O–H groups in total. The van der Waals surface area contributed by atoms with Crippen LogP contribution in [-0.4, -0.2) is 11.0 Å². The van der Waals surface area contributed by atoms with Crippen LogP contribution >= 0.6 is 11.3 Å². The summed E-state index contributed by atoms with van der Waals surface area (Å²) in [6.45, 7) is 5.28. The molecule has 0 amide bonds. The van der Waals surface area contributed by atoms with Gasteiger partial charge in [-0.15, -0.1) is 6.58 Å². The number of rotatable bonds is 3. The Bertz CT molecular complexity index is 319. The zero-order valence-corrected chi connectivity index (χ0v) is 8.25. The van der Waals surface area contributed by atoms with Gasteiger partial charge in [-0.05, 0) is 6.92 Å². The zero-order valence-electron chi connectivity index (χ0n) is 7.43. The normalized spacial score (nSPS) is 13.7. The van der Waals surface area contributed by atoms with Crippen molar-refractivity contribution in [3.63, 3.8) is 0 Å². The van der Waals surface area contributed by atoms with Crippen LogP contribution < -0.4 is 5.32 Å². The van der Waals surface area contributed by atoms with E-state index in [0.717, 1.165) is 6.20 Å². The number of hydrogen-bond acceptors (Lipinski definition) is 3. The van der Waals surface area contributed by atoms with E-state index in [0.29, 0.717) is 11.3 Å². The van der Waals surface area contributed by atoms with Gasteiger partial charge in [0.05, 0.1) is 6.20 Å². The van der Waals surface area contributed by atoms with E-state index in [-0.39, 0.29) is 11.2 Å². The Hall–Kier alpha value is -1.04. The van der Waals surface area contributed by atoms with Gasteiger partial charge in [0.25, 0.3) is 0 Å². The Labute approximate surface area is 83.5 Å². The molecule has 1 atom stereocenters. The average molecular weight is 222 g/mol. The summed E-state index contributed by atoms with van der Waals surface area (Å²) in [6.07, 6.45) is -1.90. The van der Waals surface area contributed by atoms with Gasteiger partial charge >= 0.3 is 6.18 Å². The fourth-order valence-corrected chi connectivity index (χ4v) is 1.51. The third kappa shape index (κ3) is 2.73. The van der Waals surface area contributed by atoms with Crippen molar-refractivity contribution < 1.29 is 13.2 Å². The molecule has 0 saturated carbocycles. The largest absolute Gasteiger partial charge is 0.427 e. The molecule has 0 aliphatic heterocycles. The molecule has 14 heavy (non-hydrogen) atoms. The summed E-state index contributed by atoms with van der Waals surface area (Å²) in [5.41, 5.74) is 0. The molecule has 0 spiro atoms. The fourth-order valence-electron chi connectivity index (χ4n) is 0.726. The molecular formula is C8H9F3N2S. The van der Waals surface area contributed by atoms with Crippen LogP contribution in [0.25, 0.3) is 0 Å². The molecule has 2 nitrogen and oxygen atoms in total. The minimum Gasteiger partial charge on any atom is -0.356 e. The maximum atomic E-state index is 12.1. The average Bonchev–Trinajstić information content (AvgIpc) is 2.51. The summed E-state index contributed by atoms with van der Waals surface area (Å²) >= 11 is 0.589. The van der Waals surface area contributed by atoms with E-state index in [2.05, 4.69) is 16.9 Å². The molecule has 78 valence electrons. The van der Waals surface area contributed by atoms with Crippen LogP contribution in [0.2, 0.25) is 0 Å². The molecular weight excluding hydrogens is 213 g/mol. The smallest absolute Gasteiger partial charge is 0.356 e. The SMILES string of the molecule is C=CC(C)Nc1ncc(C(F)(F)F)s1. The molecule has 1 aromatic rings. The third-order valence-corrected chi connectivity index (χ3v) is 2.46. The second-order valence-corrected chi connectivity index (χ2v) is 3.73. The van der Waals surface area contributed by atoms with Crippen molar-refractivity contribution in [2.75, 3.05) is 5.32 Å². The van der Waals surface area contributed by atoms with E-state index in [4.69, 9.17) is 0 Å². The molecule has 0 fully saturated rings. The van der Waals surface area contributed by atoms with Gasteiger partial charge in [-0.2, -0.15) is 13.2 Å². The molecule has 6 heteroatoms. The molecule has 1 heterocycles. The van der Waals surface area contributed by atoms with Gasteiger partial charge in [0.2, 0.25) is 0 Å². The Morgan fingerprint density at radius 1 is 1.64 bits per heavy atom. The summed E-state index contributed by atoms with van der Waals surface area (Å²) in [7, 11) is 0. The number of halogens is 3. The van der Waals surface area contributed by atoms with Crippen LogP contribution in [0.15, 0.2) is 18.9 Å². The molecule has 0 bridgehead atoms. The Morgan fingerprint density at radius 3 is 2.71 bits per heavy atom. The minimum absolute atomic E-state index is 0.0952. The second kappa shape index (κ2) is 4.00. The second-order valence-electron chi connectivity index (χ2n) is 2.70. The number of nitrogens with one attached hydrogen (secondary N) is 1. The highest BCUT2D eigenvalue weighted by Gasteiger charge is 2.33. The standard InChI is InChI=1S/C8H9F3N2S/c1-3-5(2)13-7-12-4-6(14-7)8(9,10)11/h3-5H,1H2,2H3,(H,12,13). The van der Waals surface area contributed by atoms with E-state index in [9.17, 15) is 13.2 Å². The Kier molecular flexibility index (Phi) is 3.15. The van der Waals surface area contributed by atoms with Crippen molar-refractivity contribution in [2.45, 2.75) is 19.1 Å². The van der Waals surface area contributed by atoms with Crippen molar-refractivity contribution >= 4 is 16.5 Å². The predicted molar refractivity (Wildman–Crippen MR) is 50.4 cm³/mol. The van der Waals surface area contributed by atoms with Gasteiger partial charge in [-0.3, -0.25) is 0 Å². The maximum Gasteiger partial charge on any atom is 0.427 e. The number of hydrogen-bond donors (Lipinski definition) is 1. The first kappa shape index (κ1) is 11.0. The lowest BCUT2D eigenvalue weighted by Crippen LogP contribution is -2.10. The van der Waals surface area contributed by atoms with Crippen LogP contribution in [0.4, 0.5) is 18.3 Å². The van der Waals surface area contributed by atoms with E-state index in [1.54, 1.807) is 13.0 Å². The monoisotopic (exact) mass is 222 g/mol. The van der Waals surface area contributed by atoms with Gasteiger partial charge in [0.1, 0.15) is 4.88 Å². The molecule has 1 rings (SSSR count). The Balaban J connectivity index is 2.73. The van der Waals surface area contributed by atoms with Crippen LogP contribution in [0.3, 0.4) is 0 Å². The number of aromatic nitrogens is 1. The van der Waals surface area contributed by atoms with E-state index >= 15 is 0 Å². The Morgan fingerprint density at radius 2 is 2.29 bits per heavy atom. The lowest BCUT2D eigenvalue weighted by Gasteiger charge is -2.06. The van der Waals surface area contributed by atoms with Crippen molar-refractivity contribution in [3.05, 3.63) is 23.7 Å². The number of alkyl halides is 3. The molecule has 0 aromatic carbocycles. The summed E-state index contributed by atoms with van der Waals surface area (Å²) in [5.74, 6) is 0. The molecule has 0 radical (unpaired) electrons. The molecule has 1 aromatic heterocycles. The first-order valence-electron chi connectivity index (χ1n) is 3.85. The number of thiazole rings is 1. The van der Waals surface area contributed by atoms with E-state index in [1.807, 2.05) is 0 Å².